The average Bonchev–Trinajstić information content (AvgIpc) is 1.77. The van der Waals surface area contributed by atoms with Crippen molar-refractivity contribution in [2.45, 2.75) is 112 Å². The van der Waals surface area contributed by atoms with Gasteiger partial charge < -0.3 is 70.5 Å². The van der Waals surface area contributed by atoms with E-state index in [1.54, 1.807) is 54.6 Å². The van der Waals surface area contributed by atoms with Crippen LogP contribution in [0.15, 0.2) is 147 Å². The summed E-state index contributed by atoms with van der Waals surface area (Å²) < 4.78 is 76.7. The zero-order chi connectivity index (χ0) is 87.0. The number of fused-ring (bicyclic) bond motifs is 4. The van der Waals surface area contributed by atoms with Gasteiger partial charge in [-0.1, -0.05) is 53.8 Å². The van der Waals surface area contributed by atoms with E-state index in [-0.39, 0.29) is 101 Å². The van der Waals surface area contributed by atoms with Crippen LogP contribution >= 0.6 is 46.4 Å². The number of halogens is 8. The zero-order valence-electron chi connectivity index (χ0n) is 67.9. The van der Waals surface area contributed by atoms with Crippen LogP contribution in [0.4, 0.5) is 69.3 Å². The molecule has 2 unspecified atom stereocenters. The lowest BCUT2D eigenvalue weighted by molar-refractivity contribution is -0.121. The summed E-state index contributed by atoms with van der Waals surface area (Å²) in [5, 5.41) is 35.6. The molecule has 12 aromatic rings. The highest BCUT2D eigenvalue weighted by molar-refractivity contribution is 6.32. The number of aliphatic hydroxyl groups excluding tert-OH is 2. The Labute approximate surface area is 728 Å². The van der Waals surface area contributed by atoms with Gasteiger partial charge in [-0.2, -0.15) is 0 Å². The molecule has 2 atom stereocenters. The van der Waals surface area contributed by atoms with Crippen LogP contribution in [0.1, 0.15) is 96.8 Å². The van der Waals surface area contributed by atoms with Crippen LogP contribution in [-0.4, -0.2) is 175 Å². The standard InChI is InChI=1S/C23H26ClFN4O3.C23H26ClFN4O2.C21H19ClFN3O3.C20H18ClFN4O3.CH4.H2O/c1-4-32-22-11-21-18(8-14(22)7-16(30)10-17(31)12-29(2)3)23(27-13-26-21)28-15-5-6-20(25)19(24)9-15;1-4-31-22-13-21-18(11-15(22)10-17(30)6-5-9-29(2)3)23(27-14-26-21)28-16-7-8-20(25)19(24)12-16;1-2-29-20-11-19-16(9-13(20)8-15(28)4-3-7-27)21(25-12-24-19)26-14-5-6-18(23)17(22)10-14;1-2-29-17-9-15-12(8-16(17)26-18(27)5-6-19(26)28)20(24-10-23-15)25-11-3-4-14(22)13(21)7-11;;/h5-6,8-9,11,13,17,31H,4,7,10,12H2,1-3H3,(H,26,27,28);7-8,11-14H,4-6,9-10H2,1-3H3,(H,26,27,28);5-7,9-12H,2-4,8H2,1H3,(H,24,25,26);3-4,7-10,18,27H,2,5-6H2,1H3,(H,23,24,25);1H4;1H2. The molecule has 0 spiro atoms. The molecule has 0 saturated carbocycles. The lowest BCUT2D eigenvalue weighted by Crippen LogP contribution is -2.33. The normalized spacial score (nSPS) is 12.4. The number of carbonyl (C=O) groups excluding carboxylic acids is 5. The number of carbonyl (C=O) groups is 5. The second-order valence-corrected chi connectivity index (χ2v) is 29.7. The molecule has 0 aliphatic carbocycles. The number of ether oxygens (including phenoxy) is 4. The largest absolute Gasteiger partial charge is 0.494 e. The fraction of sp³-hybridized carbons (Fsp3) is 0.307. The second-order valence-electron chi connectivity index (χ2n) is 28.1. The molecule has 8 N–H and O–H groups in total. The van der Waals surface area contributed by atoms with Crippen molar-refractivity contribution < 1.29 is 76.2 Å². The Morgan fingerprint density at radius 2 is 0.829 bits per heavy atom. The van der Waals surface area contributed by atoms with E-state index in [0.717, 1.165) is 30.2 Å². The van der Waals surface area contributed by atoms with Gasteiger partial charge >= 0.3 is 0 Å². The van der Waals surface area contributed by atoms with Crippen molar-refractivity contribution in [1.82, 2.24) is 49.7 Å². The fourth-order valence-corrected chi connectivity index (χ4v) is 13.6. The van der Waals surface area contributed by atoms with Gasteiger partial charge in [-0.25, -0.2) is 57.4 Å². The SMILES string of the molecule is C.CCOc1cc2ncnc(Nc3ccc(F)c(Cl)c3)c2cc1CC(=O)CC(O)CN(C)C.CCOc1cc2ncnc(Nc3ccc(F)c(Cl)c3)c2cc1CC(=O)CCC=O.CCOc1cc2ncnc(Nc3ccc(F)c(Cl)c3)c2cc1CC(=O)CCCN(C)C.CCOc1cc2ncnc(Nc3ccc(F)c(Cl)c3)c2cc1N1C(=O)CCC1O.O. The van der Waals surface area contributed by atoms with E-state index in [4.69, 9.17) is 65.4 Å². The van der Waals surface area contributed by atoms with Crippen molar-refractivity contribution in [2.24, 2.45) is 0 Å². The lowest BCUT2D eigenvalue weighted by Gasteiger charge is -2.24. The summed E-state index contributed by atoms with van der Waals surface area (Å²) in [6.07, 6.45) is 7.57. The first-order chi connectivity index (χ1) is 58.1. The van der Waals surface area contributed by atoms with E-state index in [0.29, 0.717) is 170 Å². The Morgan fingerprint density at radius 3 is 1.15 bits per heavy atom. The molecule has 27 nitrogen and oxygen atoms in total. The number of nitrogens with one attached hydrogen (secondary N) is 4. The van der Waals surface area contributed by atoms with Gasteiger partial charge in [-0.3, -0.25) is 24.1 Å². The molecule has 5 heterocycles. The third-order valence-electron chi connectivity index (χ3n) is 18.3. The third kappa shape index (κ3) is 26.9. The number of Topliss-reactive ketones (excluding diaryl/α,β-unsaturated/α-hetero) is 3. The molecule has 13 rings (SSSR count). The molecule has 35 heteroatoms. The van der Waals surface area contributed by atoms with Crippen LogP contribution < -0.4 is 45.1 Å². The molecule has 650 valence electrons. The number of aliphatic hydroxyl groups is 2. The first kappa shape index (κ1) is 96.8. The van der Waals surface area contributed by atoms with Gasteiger partial charge in [0.15, 0.2) is 0 Å². The maximum absolute atomic E-state index is 13.5. The van der Waals surface area contributed by atoms with Crippen molar-refractivity contribution >= 4 is 171 Å². The van der Waals surface area contributed by atoms with Crippen LogP contribution in [0.25, 0.3) is 43.6 Å². The van der Waals surface area contributed by atoms with E-state index in [9.17, 15) is 51.7 Å². The third-order valence-corrected chi connectivity index (χ3v) is 19.5. The molecular formula is C88H95Cl4F4N15O12. The molecule has 4 aromatic heterocycles. The van der Waals surface area contributed by atoms with Crippen LogP contribution in [0.5, 0.6) is 23.0 Å². The van der Waals surface area contributed by atoms with Crippen LogP contribution in [0, 0.1) is 23.3 Å². The number of anilines is 9. The molecule has 123 heavy (non-hydrogen) atoms. The molecular weight excluding hydrogens is 1680 g/mol. The molecule has 1 saturated heterocycles. The number of aldehydes is 1. The Kier molecular flexibility index (Phi) is 36.6. The summed E-state index contributed by atoms with van der Waals surface area (Å²) in [5.74, 6) is 1.95. The molecule has 1 aliphatic heterocycles. The first-order valence-corrected chi connectivity index (χ1v) is 40.1. The highest BCUT2D eigenvalue weighted by Gasteiger charge is 2.33. The van der Waals surface area contributed by atoms with Crippen LogP contribution in [0.2, 0.25) is 20.1 Å². The summed E-state index contributed by atoms with van der Waals surface area (Å²) in [6.45, 7) is 10.5. The Balaban J connectivity index is 0.000000203. The van der Waals surface area contributed by atoms with Gasteiger partial charge in [0.2, 0.25) is 5.91 Å². The monoisotopic (exact) mass is 1770 g/mol. The smallest absolute Gasteiger partial charge is 0.229 e. The highest BCUT2D eigenvalue weighted by Crippen LogP contribution is 2.41. The van der Waals surface area contributed by atoms with E-state index >= 15 is 0 Å². The summed E-state index contributed by atoms with van der Waals surface area (Å²) in [6, 6.07) is 31.4. The van der Waals surface area contributed by atoms with Crippen LogP contribution in [0.3, 0.4) is 0 Å². The minimum atomic E-state index is -0.920. The summed E-state index contributed by atoms with van der Waals surface area (Å²) in [4.78, 5) is 99.8. The number of likely N-dealkylation sites (N-methyl/N-ethyl adjacent to an activating group) is 1. The molecule has 0 radical (unpaired) electrons. The first-order valence-electron chi connectivity index (χ1n) is 38.6. The van der Waals surface area contributed by atoms with Gasteiger partial charge in [-0.15, -0.1) is 0 Å². The lowest BCUT2D eigenvalue weighted by atomic mass is 10.0. The van der Waals surface area contributed by atoms with Crippen molar-refractivity contribution in [3.05, 3.63) is 207 Å². The van der Waals surface area contributed by atoms with E-state index in [2.05, 4.69) is 66.0 Å². The maximum Gasteiger partial charge on any atom is 0.229 e. The summed E-state index contributed by atoms with van der Waals surface area (Å²) in [5.41, 5.74) is 7.40. The van der Waals surface area contributed by atoms with Crippen molar-refractivity contribution in [3.8, 4) is 23.0 Å². The number of benzene rings is 8. The fourth-order valence-electron chi connectivity index (χ4n) is 12.9. The van der Waals surface area contributed by atoms with Gasteiger partial charge in [0.1, 0.15) is 125 Å². The highest BCUT2D eigenvalue weighted by atomic mass is 35.5. The number of amides is 1. The topological polar surface area (TPSA) is 355 Å². The Morgan fingerprint density at radius 1 is 0.496 bits per heavy atom. The van der Waals surface area contributed by atoms with Gasteiger partial charge in [0, 0.05) is 150 Å². The molecule has 1 fully saturated rings. The molecule has 0 bridgehead atoms. The molecule has 1 aliphatic rings. The minimum Gasteiger partial charge on any atom is -0.494 e. The number of aromatic nitrogens is 8. The molecule has 1 amide bonds. The average molecular weight is 1770 g/mol. The summed E-state index contributed by atoms with van der Waals surface area (Å²) in [7, 11) is 7.66. The van der Waals surface area contributed by atoms with E-state index < -0.39 is 35.6 Å². The van der Waals surface area contributed by atoms with Gasteiger partial charge in [-0.05, 0) is 166 Å². The number of nitrogens with zero attached hydrogens (tertiary/aromatic N) is 11. The van der Waals surface area contributed by atoms with Crippen LogP contribution in [-0.2, 0) is 43.2 Å². The summed E-state index contributed by atoms with van der Waals surface area (Å²) >= 11 is 23.5. The number of rotatable bonds is 34. The Hall–Kier alpha value is -11.7. The quantitative estimate of drug-likeness (QED) is 0.0161. The van der Waals surface area contributed by atoms with E-state index in [1.807, 2.05) is 79.0 Å². The van der Waals surface area contributed by atoms with Crippen molar-refractivity contribution in [3.63, 3.8) is 0 Å². The predicted molar refractivity (Wildman–Crippen MR) is 473 cm³/mol. The maximum atomic E-state index is 13.5. The van der Waals surface area contributed by atoms with Crippen molar-refractivity contribution in [2.75, 3.05) is 93.9 Å². The number of hydrogen-bond acceptors (Lipinski definition) is 25. The Bertz CT molecular complexity index is 5720. The zero-order valence-corrected chi connectivity index (χ0v) is 70.9. The predicted octanol–water partition coefficient (Wildman–Crippen LogP) is 17.5. The molecule has 8 aromatic carbocycles. The number of ketones is 3. The van der Waals surface area contributed by atoms with Gasteiger partial charge in [0.25, 0.3) is 0 Å². The minimum absolute atomic E-state index is 0. The second kappa shape index (κ2) is 46.6. The number of hydrogen-bond donors (Lipinski definition) is 6. The van der Waals surface area contributed by atoms with Crippen molar-refractivity contribution in [1.29, 1.82) is 0 Å². The van der Waals surface area contributed by atoms with E-state index in [1.165, 1.54) is 78.7 Å². The van der Waals surface area contributed by atoms with Gasteiger partial charge in [0.05, 0.1) is 80.4 Å².